The molecule has 1 aromatic heterocycles. The highest BCUT2D eigenvalue weighted by Gasteiger charge is 2.34. The smallest absolute Gasteiger partial charge is 0.338 e. The summed E-state index contributed by atoms with van der Waals surface area (Å²) in [5, 5.41) is 0.269. The number of esters is 2. The molecule has 1 atom stereocenters. The van der Waals surface area contributed by atoms with Gasteiger partial charge in [0.25, 0.3) is 5.56 Å². The number of benzene rings is 3. The summed E-state index contributed by atoms with van der Waals surface area (Å²) in [6, 6.07) is 14.8. The van der Waals surface area contributed by atoms with E-state index in [1.54, 1.807) is 81.4 Å². The molecule has 0 saturated heterocycles. The van der Waals surface area contributed by atoms with Gasteiger partial charge in [-0.25, -0.2) is 14.6 Å². The third-order valence-corrected chi connectivity index (χ3v) is 9.04. The lowest BCUT2D eigenvalue weighted by Crippen LogP contribution is -2.40. The van der Waals surface area contributed by atoms with Crippen LogP contribution in [0, 0.1) is 0 Å². The van der Waals surface area contributed by atoms with Gasteiger partial charge in [0.15, 0.2) is 27.8 Å². The van der Waals surface area contributed by atoms with E-state index in [1.165, 1.54) is 30.1 Å². The second kappa shape index (κ2) is 16.3. The normalized spacial score (nSPS) is 14.1. The molecule has 51 heavy (non-hydrogen) atoms. The van der Waals surface area contributed by atoms with Gasteiger partial charge in [0.2, 0.25) is 0 Å². The van der Waals surface area contributed by atoms with Crippen molar-refractivity contribution in [2.45, 2.75) is 53.4 Å². The van der Waals surface area contributed by atoms with E-state index in [4.69, 9.17) is 40.0 Å². The zero-order chi connectivity index (χ0) is 36.8. The SMILES string of the molecule is CCOC(=O)C1=C(C)N=c2s/c(=C/c3cc(Cl)c(OCc4ccc(C(=O)OCC)cc4)c(OC)c3)c(=O)n2[C@H]1c1ccc(OC(C)C)c(OC)c1. The summed E-state index contributed by atoms with van der Waals surface area (Å²) in [7, 11) is 3.03. The molecule has 0 unspecified atom stereocenters. The van der Waals surface area contributed by atoms with Crippen LogP contribution in [0.15, 0.2) is 75.7 Å². The number of hydrogen-bond acceptors (Lipinski definition) is 11. The largest absolute Gasteiger partial charge is 0.493 e. The van der Waals surface area contributed by atoms with Crippen molar-refractivity contribution >= 4 is 41.0 Å². The molecular formula is C38H39ClN2O9S. The lowest BCUT2D eigenvalue weighted by atomic mass is 9.95. The summed E-state index contributed by atoms with van der Waals surface area (Å²) in [6.07, 6.45) is 1.60. The molecule has 0 N–H and O–H groups in total. The van der Waals surface area contributed by atoms with Crippen LogP contribution in [0.25, 0.3) is 6.08 Å². The van der Waals surface area contributed by atoms with E-state index in [2.05, 4.69) is 4.99 Å². The van der Waals surface area contributed by atoms with Crippen LogP contribution in [-0.2, 0) is 20.9 Å². The van der Waals surface area contributed by atoms with Crippen molar-refractivity contribution in [3.05, 3.63) is 113 Å². The number of rotatable bonds is 13. The predicted octanol–water partition coefficient (Wildman–Crippen LogP) is 6.01. The van der Waals surface area contributed by atoms with Crippen LogP contribution in [-0.4, -0.2) is 50.0 Å². The Balaban J connectivity index is 1.52. The van der Waals surface area contributed by atoms with Crippen LogP contribution in [0.4, 0.5) is 0 Å². The van der Waals surface area contributed by atoms with Crippen molar-refractivity contribution in [2.24, 2.45) is 4.99 Å². The van der Waals surface area contributed by atoms with Gasteiger partial charge in [-0.05, 0) is 93.8 Å². The zero-order valence-electron chi connectivity index (χ0n) is 29.4. The minimum Gasteiger partial charge on any atom is -0.493 e. The number of halogens is 1. The second-order valence-corrected chi connectivity index (χ2v) is 13.0. The molecule has 0 amide bonds. The maximum Gasteiger partial charge on any atom is 0.338 e. The predicted molar refractivity (Wildman–Crippen MR) is 194 cm³/mol. The first-order valence-corrected chi connectivity index (χ1v) is 17.5. The second-order valence-electron chi connectivity index (χ2n) is 11.6. The standard InChI is InChI=1S/C38H39ClN2O9S/c1-8-47-36(43)25-12-10-23(11-13-25)20-49-34-27(39)16-24(17-30(34)46-7)18-31-35(42)41-33(26-14-15-28(50-21(3)4)29(19-26)45-6)32(37(44)48-9-2)22(5)40-38(41)51-31/h10-19,21,33H,8-9,20H2,1-7H3/b31-18+/t33-/m0/s1. The van der Waals surface area contributed by atoms with E-state index in [9.17, 15) is 14.4 Å². The molecule has 4 aromatic rings. The number of fused-ring (bicyclic) bond motifs is 1. The van der Waals surface area contributed by atoms with Crippen LogP contribution in [0.3, 0.4) is 0 Å². The summed E-state index contributed by atoms with van der Waals surface area (Å²) >= 11 is 7.88. The van der Waals surface area contributed by atoms with Crippen molar-refractivity contribution < 1.29 is 38.0 Å². The third-order valence-electron chi connectivity index (χ3n) is 7.78. The van der Waals surface area contributed by atoms with Crippen molar-refractivity contribution in [1.29, 1.82) is 0 Å². The Morgan fingerprint density at radius 1 is 0.941 bits per heavy atom. The number of carbonyl (C=O) groups excluding carboxylic acids is 2. The molecule has 13 heteroatoms. The van der Waals surface area contributed by atoms with Crippen LogP contribution in [0.5, 0.6) is 23.0 Å². The van der Waals surface area contributed by atoms with Gasteiger partial charge in [0, 0.05) is 0 Å². The number of thiazole rings is 1. The van der Waals surface area contributed by atoms with Gasteiger partial charge in [0.05, 0.1) is 66.0 Å². The van der Waals surface area contributed by atoms with E-state index in [1.807, 2.05) is 13.8 Å². The number of methoxy groups -OCH3 is 2. The molecule has 0 saturated carbocycles. The summed E-state index contributed by atoms with van der Waals surface area (Å²) in [5.74, 6) is 0.709. The number of hydrogen-bond donors (Lipinski definition) is 0. The minimum atomic E-state index is -0.843. The highest BCUT2D eigenvalue weighted by Crippen LogP contribution is 2.38. The summed E-state index contributed by atoms with van der Waals surface area (Å²) in [6.45, 7) is 9.63. The van der Waals surface area contributed by atoms with Crippen LogP contribution >= 0.6 is 22.9 Å². The Labute approximate surface area is 304 Å². The lowest BCUT2D eigenvalue weighted by Gasteiger charge is -2.25. The summed E-state index contributed by atoms with van der Waals surface area (Å²) in [5.41, 5.74) is 2.78. The average molecular weight is 735 g/mol. The van der Waals surface area contributed by atoms with Crippen molar-refractivity contribution in [2.75, 3.05) is 27.4 Å². The Hall–Kier alpha value is -5.07. The molecule has 1 aliphatic rings. The number of ether oxygens (including phenoxy) is 6. The number of allylic oxidation sites excluding steroid dienone is 1. The van der Waals surface area contributed by atoms with Crippen molar-refractivity contribution in [3.63, 3.8) is 0 Å². The molecule has 3 aromatic carbocycles. The summed E-state index contributed by atoms with van der Waals surface area (Å²) < 4.78 is 35.5. The maximum absolute atomic E-state index is 14.2. The fraction of sp³-hybridized carbons (Fsp3) is 0.316. The first-order valence-electron chi connectivity index (χ1n) is 16.3. The molecule has 268 valence electrons. The zero-order valence-corrected chi connectivity index (χ0v) is 31.0. The molecule has 0 aliphatic carbocycles. The van der Waals surface area contributed by atoms with Crippen LogP contribution < -0.4 is 33.8 Å². The average Bonchev–Trinajstić information content (AvgIpc) is 3.40. The number of aromatic nitrogens is 1. The van der Waals surface area contributed by atoms with E-state index in [-0.39, 0.29) is 35.5 Å². The van der Waals surface area contributed by atoms with Crippen molar-refractivity contribution in [3.8, 4) is 23.0 Å². The molecule has 0 fully saturated rings. The molecule has 2 heterocycles. The molecule has 11 nitrogen and oxygen atoms in total. The van der Waals surface area contributed by atoms with Crippen LogP contribution in [0.2, 0.25) is 5.02 Å². The first-order chi connectivity index (χ1) is 24.5. The third kappa shape index (κ3) is 8.13. The highest BCUT2D eigenvalue weighted by molar-refractivity contribution is 7.07. The number of nitrogens with zero attached hydrogens (tertiary/aromatic N) is 2. The quantitative estimate of drug-likeness (QED) is 0.152. The fourth-order valence-corrected chi connectivity index (χ4v) is 6.85. The van der Waals surface area contributed by atoms with Gasteiger partial charge in [-0.15, -0.1) is 0 Å². The molecular weight excluding hydrogens is 696 g/mol. The Morgan fingerprint density at radius 2 is 1.63 bits per heavy atom. The first kappa shape index (κ1) is 37.2. The van der Waals surface area contributed by atoms with Gasteiger partial charge in [-0.2, -0.15) is 0 Å². The Kier molecular flexibility index (Phi) is 11.9. The lowest BCUT2D eigenvalue weighted by molar-refractivity contribution is -0.139. The van der Waals surface area contributed by atoms with Gasteiger partial charge >= 0.3 is 11.9 Å². The van der Waals surface area contributed by atoms with E-state index < -0.39 is 18.0 Å². The van der Waals surface area contributed by atoms with Gasteiger partial charge < -0.3 is 28.4 Å². The monoisotopic (exact) mass is 734 g/mol. The van der Waals surface area contributed by atoms with Gasteiger partial charge in [-0.3, -0.25) is 9.36 Å². The van der Waals surface area contributed by atoms with E-state index in [0.717, 1.165) is 5.56 Å². The van der Waals surface area contributed by atoms with Crippen LogP contribution in [0.1, 0.15) is 67.7 Å². The maximum atomic E-state index is 14.2. The number of carbonyl (C=O) groups is 2. The molecule has 1 aliphatic heterocycles. The van der Waals surface area contributed by atoms with Gasteiger partial charge in [-0.1, -0.05) is 41.1 Å². The molecule has 0 spiro atoms. The molecule has 0 bridgehead atoms. The van der Waals surface area contributed by atoms with E-state index >= 15 is 0 Å². The van der Waals surface area contributed by atoms with Gasteiger partial charge in [0.1, 0.15) is 6.61 Å². The highest BCUT2D eigenvalue weighted by atomic mass is 35.5. The topological polar surface area (TPSA) is 124 Å². The fourth-order valence-electron chi connectivity index (χ4n) is 5.53. The van der Waals surface area contributed by atoms with E-state index in [0.29, 0.717) is 61.3 Å². The molecule has 0 radical (unpaired) electrons. The molecule has 5 rings (SSSR count). The Bertz CT molecular complexity index is 2150. The Morgan fingerprint density at radius 3 is 2.27 bits per heavy atom. The minimum absolute atomic E-state index is 0.0936. The summed E-state index contributed by atoms with van der Waals surface area (Å²) in [4.78, 5) is 44.6. The van der Waals surface area contributed by atoms with Crippen molar-refractivity contribution in [1.82, 2.24) is 4.57 Å².